The molecule has 0 saturated carbocycles. The monoisotopic (exact) mass is 374 g/mol. The fourth-order valence-corrected chi connectivity index (χ4v) is 3.01. The number of nitrogens with zero attached hydrogens (tertiary/aromatic N) is 4. The van der Waals surface area contributed by atoms with Crippen LogP contribution in [0, 0.1) is 11.3 Å². The average molecular weight is 374 g/mol. The molecular formula is C19H26N4O4. The van der Waals surface area contributed by atoms with E-state index in [1.54, 1.807) is 11.0 Å². The van der Waals surface area contributed by atoms with Crippen LogP contribution in [0.3, 0.4) is 0 Å². The van der Waals surface area contributed by atoms with Crippen LogP contribution in [-0.4, -0.2) is 59.8 Å². The number of anilines is 1. The lowest BCUT2D eigenvalue weighted by Gasteiger charge is -2.47. The summed E-state index contributed by atoms with van der Waals surface area (Å²) in [5.41, 5.74) is -0.633. The van der Waals surface area contributed by atoms with E-state index in [1.165, 1.54) is 13.2 Å². The number of hydrogen-bond donors (Lipinski definition) is 0. The number of ether oxygens (including phenoxy) is 2. The van der Waals surface area contributed by atoms with Crippen LogP contribution in [0.4, 0.5) is 10.6 Å². The van der Waals surface area contributed by atoms with Gasteiger partial charge in [0.15, 0.2) is 0 Å². The highest BCUT2D eigenvalue weighted by atomic mass is 16.6. The van der Waals surface area contributed by atoms with E-state index in [0.29, 0.717) is 25.5 Å². The number of pyridine rings is 1. The van der Waals surface area contributed by atoms with Gasteiger partial charge in [0.05, 0.1) is 12.6 Å². The molecule has 1 fully saturated rings. The third-order valence-electron chi connectivity index (χ3n) is 4.21. The van der Waals surface area contributed by atoms with E-state index in [2.05, 4.69) is 4.98 Å². The number of carbonyl (C=O) groups is 2. The van der Waals surface area contributed by atoms with Gasteiger partial charge in [-0.05, 0) is 46.8 Å². The standard InChI is InChI=1S/C19H26N4O4/c1-18(2,3)27-17(25)23-10-9-22(12-19(23,4)5)15-14(16(24)26-6)8-7-13(11-20)21-15/h7-8H,9-10,12H2,1-6H3. The SMILES string of the molecule is COC(=O)c1ccc(C#N)nc1N1CCN(C(=O)OC(C)(C)C)C(C)(C)C1. The topological polar surface area (TPSA) is 95.8 Å². The Bertz CT molecular complexity index is 777. The van der Waals surface area contributed by atoms with Gasteiger partial charge in [-0.1, -0.05) is 0 Å². The second kappa shape index (κ2) is 7.43. The van der Waals surface area contributed by atoms with Gasteiger partial charge in [0.1, 0.15) is 28.7 Å². The van der Waals surface area contributed by atoms with Crippen molar-refractivity contribution in [3.8, 4) is 6.07 Å². The number of aromatic nitrogens is 1. The molecule has 1 aromatic rings. The number of amides is 1. The fraction of sp³-hybridized carbons (Fsp3) is 0.579. The summed E-state index contributed by atoms with van der Waals surface area (Å²) >= 11 is 0. The summed E-state index contributed by atoms with van der Waals surface area (Å²) in [6.45, 7) is 10.6. The van der Waals surface area contributed by atoms with E-state index in [-0.39, 0.29) is 17.4 Å². The highest BCUT2D eigenvalue weighted by Crippen LogP contribution is 2.28. The zero-order valence-electron chi connectivity index (χ0n) is 16.7. The van der Waals surface area contributed by atoms with Crippen LogP contribution in [0.5, 0.6) is 0 Å². The molecule has 27 heavy (non-hydrogen) atoms. The molecule has 1 aromatic heterocycles. The summed E-state index contributed by atoms with van der Waals surface area (Å²) in [6, 6.07) is 5.02. The molecule has 0 aromatic carbocycles. The molecule has 1 aliphatic rings. The fourth-order valence-electron chi connectivity index (χ4n) is 3.01. The van der Waals surface area contributed by atoms with Gasteiger partial charge in [0.25, 0.3) is 0 Å². The van der Waals surface area contributed by atoms with Gasteiger partial charge in [0.2, 0.25) is 0 Å². The predicted molar refractivity (Wildman–Crippen MR) is 99.5 cm³/mol. The van der Waals surface area contributed by atoms with E-state index in [9.17, 15) is 9.59 Å². The number of rotatable bonds is 2. The van der Waals surface area contributed by atoms with Crippen LogP contribution < -0.4 is 4.90 Å². The molecule has 0 radical (unpaired) electrons. The van der Waals surface area contributed by atoms with Crippen LogP contribution in [0.2, 0.25) is 0 Å². The molecule has 1 aliphatic heterocycles. The lowest BCUT2D eigenvalue weighted by Crippen LogP contribution is -2.62. The van der Waals surface area contributed by atoms with Gasteiger partial charge >= 0.3 is 12.1 Å². The summed E-state index contributed by atoms with van der Waals surface area (Å²) < 4.78 is 10.3. The Labute approximate surface area is 159 Å². The summed E-state index contributed by atoms with van der Waals surface area (Å²) in [5, 5.41) is 9.16. The van der Waals surface area contributed by atoms with E-state index in [4.69, 9.17) is 14.7 Å². The first-order valence-corrected chi connectivity index (χ1v) is 8.73. The molecule has 146 valence electrons. The first kappa shape index (κ1) is 20.5. The Morgan fingerprint density at radius 1 is 1.26 bits per heavy atom. The van der Waals surface area contributed by atoms with Gasteiger partial charge in [-0.15, -0.1) is 0 Å². The molecule has 0 bridgehead atoms. The van der Waals surface area contributed by atoms with Gasteiger partial charge in [0, 0.05) is 19.6 Å². The molecule has 2 rings (SSSR count). The number of hydrogen-bond acceptors (Lipinski definition) is 7. The van der Waals surface area contributed by atoms with Crippen molar-refractivity contribution in [2.75, 3.05) is 31.6 Å². The third kappa shape index (κ3) is 4.67. The largest absolute Gasteiger partial charge is 0.465 e. The molecule has 0 aliphatic carbocycles. The van der Waals surface area contributed by atoms with Gasteiger partial charge in [-0.3, -0.25) is 4.90 Å². The summed E-state index contributed by atoms with van der Waals surface area (Å²) in [5.74, 6) is -0.132. The van der Waals surface area contributed by atoms with E-state index in [1.807, 2.05) is 45.6 Å². The van der Waals surface area contributed by atoms with Crippen LogP contribution in [-0.2, 0) is 9.47 Å². The number of nitriles is 1. The van der Waals surface area contributed by atoms with Gasteiger partial charge in [-0.2, -0.15) is 5.26 Å². The second-order valence-electron chi connectivity index (χ2n) is 8.04. The highest BCUT2D eigenvalue weighted by molar-refractivity contribution is 5.95. The second-order valence-corrected chi connectivity index (χ2v) is 8.04. The maximum absolute atomic E-state index is 12.5. The maximum Gasteiger partial charge on any atom is 0.410 e. The van der Waals surface area contributed by atoms with Crippen molar-refractivity contribution >= 4 is 17.9 Å². The Morgan fingerprint density at radius 2 is 1.93 bits per heavy atom. The highest BCUT2D eigenvalue weighted by Gasteiger charge is 2.40. The van der Waals surface area contributed by atoms with Crippen molar-refractivity contribution in [3.05, 3.63) is 23.4 Å². The Hall–Kier alpha value is -2.82. The lowest BCUT2D eigenvalue weighted by molar-refractivity contribution is 0.000231. The molecule has 1 amide bonds. The van der Waals surface area contributed by atoms with Crippen molar-refractivity contribution in [1.82, 2.24) is 9.88 Å². The molecule has 2 heterocycles. The third-order valence-corrected chi connectivity index (χ3v) is 4.21. The zero-order valence-corrected chi connectivity index (χ0v) is 16.7. The molecule has 8 heteroatoms. The number of carbonyl (C=O) groups excluding carboxylic acids is 2. The Morgan fingerprint density at radius 3 is 2.44 bits per heavy atom. The Balaban J connectivity index is 2.30. The van der Waals surface area contributed by atoms with E-state index in [0.717, 1.165) is 0 Å². The van der Waals surface area contributed by atoms with Crippen molar-refractivity contribution in [2.45, 2.75) is 45.8 Å². The molecule has 1 saturated heterocycles. The molecule has 0 spiro atoms. The first-order chi connectivity index (χ1) is 12.5. The average Bonchev–Trinajstić information content (AvgIpc) is 2.57. The van der Waals surface area contributed by atoms with Crippen LogP contribution in [0.15, 0.2) is 12.1 Å². The van der Waals surface area contributed by atoms with Crippen molar-refractivity contribution < 1.29 is 19.1 Å². The van der Waals surface area contributed by atoms with Crippen molar-refractivity contribution in [3.63, 3.8) is 0 Å². The smallest absolute Gasteiger partial charge is 0.410 e. The molecule has 0 atom stereocenters. The van der Waals surface area contributed by atoms with Crippen molar-refractivity contribution in [1.29, 1.82) is 5.26 Å². The quantitative estimate of drug-likeness (QED) is 0.734. The van der Waals surface area contributed by atoms with E-state index >= 15 is 0 Å². The zero-order chi connectivity index (χ0) is 20.4. The van der Waals surface area contributed by atoms with Crippen LogP contribution in [0.25, 0.3) is 0 Å². The molecule has 0 unspecified atom stereocenters. The number of methoxy groups -OCH3 is 1. The van der Waals surface area contributed by atoms with Gasteiger partial charge in [-0.25, -0.2) is 14.6 Å². The van der Waals surface area contributed by atoms with Crippen molar-refractivity contribution in [2.24, 2.45) is 0 Å². The normalized spacial score (nSPS) is 16.5. The molecular weight excluding hydrogens is 348 g/mol. The Kier molecular flexibility index (Phi) is 5.64. The maximum atomic E-state index is 12.5. The van der Waals surface area contributed by atoms with Crippen LogP contribution in [0.1, 0.15) is 50.7 Å². The number of esters is 1. The minimum Gasteiger partial charge on any atom is -0.465 e. The molecule has 0 N–H and O–H groups in total. The predicted octanol–water partition coefficient (Wildman–Crippen LogP) is 2.58. The van der Waals surface area contributed by atoms with Crippen LogP contribution >= 0.6 is 0 Å². The minimum absolute atomic E-state index is 0.213. The molecule has 8 nitrogen and oxygen atoms in total. The summed E-state index contributed by atoms with van der Waals surface area (Å²) in [6.07, 6.45) is -0.376. The minimum atomic E-state index is -0.578. The number of piperazine rings is 1. The van der Waals surface area contributed by atoms with E-state index < -0.39 is 17.1 Å². The van der Waals surface area contributed by atoms with Gasteiger partial charge < -0.3 is 14.4 Å². The lowest BCUT2D eigenvalue weighted by atomic mass is 9.99. The first-order valence-electron chi connectivity index (χ1n) is 8.73. The summed E-state index contributed by atoms with van der Waals surface area (Å²) in [7, 11) is 1.30. The summed E-state index contributed by atoms with van der Waals surface area (Å²) in [4.78, 5) is 32.5.